The molecule has 0 amide bonds. The molecule has 148 valence electrons. The molecule has 2 heterocycles. The van der Waals surface area contributed by atoms with Gasteiger partial charge in [-0.3, -0.25) is 4.99 Å². The van der Waals surface area contributed by atoms with Crippen molar-refractivity contribution in [3.8, 4) is 11.5 Å². The van der Waals surface area contributed by atoms with Crippen molar-refractivity contribution in [2.24, 2.45) is 4.99 Å². The van der Waals surface area contributed by atoms with Crippen LogP contribution < -0.4 is 20.1 Å². The standard InChI is InChI=1S/C23H29N3O2/c1-23(2)15-19(18-6-4-5-7-21(18)28-23)26-22(24-3)25-12-10-16-8-9-20-17(14-16)11-13-27-20/h4-9,14,19H,10-13,15H2,1-3H3,(H2,24,25,26). The molecule has 1 atom stereocenters. The molecule has 28 heavy (non-hydrogen) atoms. The molecule has 2 aromatic rings. The molecule has 0 aliphatic carbocycles. The maximum atomic E-state index is 6.13. The maximum absolute atomic E-state index is 6.13. The first kappa shape index (κ1) is 18.7. The normalized spacial score (nSPS) is 19.8. The van der Waals surface area contributed by atoms with Gasteiger partial charge in [-0.2, -0.15) is 0 Å². The topological polar surface area (TPSA) is 54.9 Å². The highest BCUT2D eigenvalue weighted by Crippen LogP contribution is 2.39. The number of hydrogen-bond donors (Lipinski definition) is 2. The Bertz CT molecular complexity index is 876. The smallest absolute Gasteiger partial charge is 0.191 e. The van der Waals surface area contributed by atoms with Crippen LogP contribution in [0.2, 0.25) is 0 Å². The van der Waals surface area contributed by atoms with E-state index in [1.165, 1.54) is 16.7 Å². The van der Waals surface area contributed by atoms with Gasteiger partial charge in [-0.05, 0) is 43.5 Å². The highest BCUT2D eigenvalue weighted by molar-refractivity contribution is 5.80. The zero-order valence-corrected chi connectivity index (χ0v) is 16.9. The molecule has 0 spiro atoms. The van der Waals surface area contributed by atoms with E-state index in [-0.39, 0.29) is 11.6 Å². The summed E-state index contributed by atoms with van der Waals surface area (Å²) in [5, 5.41) is 7.04. The van der Waals surface area contributed by atoms with Gasteiger partial charge in [-0.15, -0.1) is 0 Å². The summed E-state index contributed by atoms with van der Waals surface area (Å²) in [6.07, 6.45) is 2.85. The quantitative estimate of drug-likeness (QED) is 0.629. The molecule has 0 aromatic heterocycles. The van der Waals surface area contributed by atoms with Gasteiger partial charge in [0.05, 0.1) is 12.6 Å². The van der Waals surface area contributed by atoms with Gasteiger partial charge in [0.15, 0.2) is 5.96 Å². The van der Waals surface area contributed by atoms with Crippen LogP contribution in [0.3, 0.4) is 0 Å². The van der Waals surface area contributed by atoms with Gasteiger partial charge in [0, 0.05) is 32.0 Å². The van der Waals surface area contributed by atoms with E-state index in [4.69, 9.17) is 9.47 Å². The van der Waals surface area contributed by atoms with E-state index in [9.17, 15) is 0 Å². The molecule has 1 unspecified atom stereocenters. The van der Waals surface area contributed by atoms with E-state index in [1.54, 1.807) is 0 Å². The van der Waals surface area contributed by atoms with Crippen molar-refractivity contribution in [3.63, 3.8) is 0 Å². The van der Waals surface area contributed by atoms with Crippen molar-refractivity contribution in [1.29, 1.82) is 0 Å². The fourth-order valence-electron chi connectivity index (χ4n) is 4.01. The average molecular weight is 380 g/mol. The van der Waals surface area contributed by atoms with Gasteiger partial charge in [-0.25, -0.2) is 0 Å². The number of guanidine groups is 1. The molecule has 4 rings (SSSR count). The Morgan fingerprint density at radius 2 is 2.04 bits per heavy atom. The SMILES string of the molecule is CN=C(NCCc1ccc2c(c1)CCO2)NC1CC(C)(C)Oc2ccccc21. The van der Waals surface area contributed by atoms with Gasteiger partial charge in [-0.1, -0.05) is 30.3 Å². The third-order valence-electron chi connectivity index (χ3n) is 5.37. The van der Waals surface area contributed by atoms with Gasteiger partial charge in [0.2, 0.25) is 0 Å². The maximum Gasteiger partial charge on any atom is 0.191 e. The second-order valence-electron chi connectivity index (χ2n) is 8.09. The fourth-order valence-corrected chi connectivity index (χ4v) is 4.01. The van der Waals surface area contributed by atoms with E-state index in [1.807, 2.05) is 19.2 Å². The van der Waals surface area contributed by atoms with Crippen molar-refractivity contribution in [3.05, 3.63) is 59.2 Å². The number of para-hydroxylation sites is 1. The number of hydrogen-bond acceptors (Lipinski definition) is 3. The van der Waals surface area contributed by atoms with Crippen molar-refractivity contribution in [2.45, 2.75) is 44.8 Å². The first-order chi connectivity index (χ1) is 13.5. The summed E-state index contributed by atoms with van der Waals surface area (Å²) < 4.78 is 11.7. The molecule has 0 saturated heterocycles. The third-order valence-corrected chi connectivity index (χ3v) is 5.37. The minimum atomic E-state index is -0.211. The van der Waals surface area contributed by atoms with Crippen molar-refractivity contribution in [2.75, 3.05) is 20.2 Å². The summed E-state index contributed by atoms with van der Waals surface area (Å²) in [6, 6.07) is 14.9. The summed E-state index contributed by atoms with van der Waals surface area (Å²) in [5.41, 5.74) is 3.62. The molecule has 0 radical (unpaired) electrons. The predicted molar refractivity (Wildman–Crippen MR) is 112 cm³/mol. The number of rotatable bonds is 4. The van der Waals surface area contributed by atoms with Crippen LogP contribution in [0.15, 0.2) is 47.5 Å². The number of aliphatic imine (C=N–C) groups is 1. The lowest BCUT2D eigenvalue weighted by Crippen LogP contribution is -2.45. The summed E-state index contributed by atoms with van der Waals surface area (Å²) in [6.45, 7) is 5.89. The number of nitrogens with zero attached hydrogens (tertiary/aromatic N) is 1. The van der Waals surface area contributed by atoms with Gasteiger partial charge in [0.1, 0.15) is 17.1 Å². The molecule has 0 saturated carbocycles. The van der Waals surface area contributed by atoms with Crippen molar-refractivity contribution >= 4 is 5.96 Å². The van der Waals surface area contributed by atoms with Crippen LogP contribution in [0, 0.1) is 0 Å². The predicted octanol–water partition coefficient (Wildman–Crippen LogP) is 3.63. The fraction of sp³-hybridized carbons (Fsp3) is 0.435. The molecule has 0 bridgehead atoms. The van der Waals surface area contributed by atoms with E-state index in [2.05, 4.69) is 59.8 Å². The second-order valence-corrected chi connectivity index (χ2v) is 8.09. The van der Waals surface area contributed by atoms with Gasteiger partial charge >= 0.3 is 0 Å². The minimum Gasteiger partial charge on any atom is -0.493 e. The lowest BCUT2D eigenvalue weighted by Gasteiger charge is -2.38. The van der Waals surface area contributed by atoms with Crippen LogP contribution in [0.25, 0.3) is 0 Å². The third kappa shape index (κ3) is 4.08. The summed E-state index contributed by atoms with van der Waals surface area (Å²) in [4.78, 5) is 4.43. The minimum absolute atomic E-state index is 0.170. The Hall–Kier alpha value is -2.69. The Morgan fingerprint density at radius 3 is 2.89 bits per heavy atom. The van der Waals surface area contributed by atoms with E-state index >= 15 is 0 Å². The molecule has 2 aliphatic rings. The molecule has 0 fully saturated rings. The van der Waals surface area contributed by atoms with Crippen molar-refractivity contribution in [1.82, 2.24) is 10.6 Å². The van der Waals surface area contributed by atoms with Crippen LogP contribution in [0.4, 0.5) is 0 Å². The zero-order chi connectivity index (χ0) is 19.6. The zero-order valence-electron chi connectivity index (χ0n) is 16.9. The van der Waals surface area contributed by atoms with Crippen LogP contribution in [-0.4, -0.2) is 31.8 Å². The number of nitrogens with one attached hydrogen (secondary N) is 2. The molecule has 5 nitrogen and oxygen atoms in total. The monoisotopic (exact) mass is 379 g/mol. The number of benzene rings is 2. The molecule has 2 aliphatic heterocycles. The van der Waals surface area contributed by atoms with Gasteiger partial charge < -0.3 is 20.1 Å². The highest BCUT2D eigenvalue weighted by atomic mass is 16.5. The van der Waals surface area contributed by atoms with E-state index in [0.29, 0.717) is 0 Å². The Morgan fingerprint density at radius 1 is 1.18 bits per heavy atom. The van der Waals surface area contributed by atoms with Crippen LogP contribution >= 0.6 is 0 Å². The second kappa shape index (κ2) is 7.74. The van der Waals surface area contributed by atoms with E-state index < -0.39 is 0 Å². The van der Waals surface area contributed by atoms with Crippen LogP contribution in [0.5, 0.6) is 11.5 Å². The van der Waals surface area contributed by atoms with E-state index in [0.717, 1.165) is 49.9 Å². The molecule has 2 N–H and O–H groups in total. The van der Waals surface area contributed by atoms with Crippen molar-refractivity contribution < 1.29 is 9.47 Å². The Balaban J connectivity index is 1.37. The first-order valence-corrected chi connectivity index (χ1v) is 10.0. The summed E-state index contributed by atoms with van der Waals surface area (Å²) >= 11 is 0. The lowest BCUT2D eigenvalue weighted by atomic mass is 9.90. The largest absolute Gasteiger partial charge is 0.493 e. The van der Waals surface area contributed by atoms with Gasteiger partial charge in [0.25, 0.3) is 0 Å². The molecule has 2 aromatic carbocycles. The van der Waals surface area contributed by atoms with Crippen LogP contribution in [-0.2, 0) is 12.8 Å². The van der Waals surface area contributed by atoms with Crippen LogP contribution in [0.1, 0.15) is 43.0 Å². The number of ether oxygens (including phenoxy) is 2. The number of fused-ring (bicyclic) bond motifs is 2. The highest BCUT2D eigenvalue weighted by Gasteiger charge is 2.33. The summed E-state index contributed by atoms with van der Waals surface area (Å²) in [5.74, 6) is 2.81. The molecular formula is C23H29N3O2. The average Bonchev–Trinajstić information content (AvgIpc) is 3.14. The first-order valence-electron chi connectivity index (χ1n) is 10.0. The lowest BCUT2D eigenvalue weighted by molar-refractivity contribution is 0.0694. The Kier molecular flexibility index (Phi) is 5.16. The molecular weight excluding hydrogens is 350 g/mol. The Labute approximate surface area is 167 Å². The summed E-state index contributed by atoms with van der Waals surface area (Å²) in [7, 11) is 1.82. The molecule has 5 heteroatoms.